The Bertz CT molecular complexity index is 1230. The lowest BCUT2D eigenvalue weighted by Crippen LogP contribution is -2.04. The summed E-state index contributed by atoms with van der Waals surface area (Å²) in [5, 5.41) is 14.0. The molecule has 0 bridgehead atoms. The maximum absolute atomic E-state index is 9.20. The summed E-state index contributed by atoms with van der Waals surface area (Å²) in [5.74, 6) is 1.63. The molecular weight excluding hydrogens is 370 g/mol. The fraction of sp³-hybridized carbons (Fsp3) is 0.154. The molecule has 148 valence electrons. The van der Waals surface area contributed by atoms with Crippen LogP contribution in [0.4, 0.5) is 0 Å². The third-order valence-corrected chi connectivity index (χ3v) is 5.23. The van der Waals surface area contributed by atoms with Gasteiger partial charge in [0.2, 0.25) is 0 Å². The van der Waals surface area contributed by atoms with Crippen LogP contribution in [0, 0.1) is 32.1 Å². The molecule has 0 aliphatic heterocycles. The van der Waals surface area contributed by atoms with Crippen LogP contribution in [0.2, 0.25) is 0 Å². The third-order valence-electron chi connectivity index (χ3n) is 5.23. The highest BCUT2D eigenvalue weighted by Gasteiger charge is 2.15. The van der Waals surface area contributed by atoms with Crippen LogP contribution in [-0.2, 0) is 6.54 Å². The maximum atomic E-state index is 9.20. The molecule has 1 heterocycles. The number of ether oxygens (including phenoxy) is 1. The summed E-state index contributed by atoms with van der Waals surface area (Å²) in [4.78, 5) is 0. The van der Waals surface area contributed by atoms with Crippen LogP contribution < -0.4 is 4.74 Å². The first kappa shape index (κ1) is 19.5. The van der Waals surface area contributed by atoms with E-state index in [1.807, 2.05) is 73.1 Å². The average molecular weight is 393 g/mol. The standard InChI is InChI=1S/C26H23N3O/c1-18-14-22(12-13-23(18)16-27)26-19(2)28-29(20(26)3)17-21-8-7-11-25(15-21)30-24-9-5-4-6-10-24/h4-15H,17H2,1-3H3. The third kappa shape index (κ3) is 3.97. The topological polar surface area (TPSA) is 50.8 Å². The molecular formula is C26H23N3O. The van der Waals surface area contributed by atoms with Crippen molar-refractivity contribution in [3.63, 3.8) is 0 Å². The van der Waals surface area contributed by atoms with Crippen molar-refractivity contribution in [2.45, 2.75) is 27.3 Å². The zero-order chi connectivity index (χ0) is 21.1. The number of hydrogen-bond donors (Lipinski definition) is 0. The van der Waals surface area contributed by atoms with Crippen LogP contribution in [0.5, 0.6) is 11.5 Å². The van der Waals surface area contributed by atoms with Crippen LogP contribution in [-0.4, -0.2) is 9.78 Å². The molecule has 4 nitrogen and oxygen atoms in total. The average Bonchev–Trinajstić information content (AvgIpc) is 3.02. The van der Waals surface area contributed by atoms with Gasteiger partial charge in [-0.1, -0.05) is 36.4 Å². The van der Waals surface area contributed by atoms with Crippen LogP contribution in [0.3, 0.4) is 0 Å². The molecule has 30 heavy (non-hydrogen) atoms. The number of benzene rings is 3. The predicted octanol–water partition coefficient (Wildman–Crippen LogP) is 6.19. The Kier molecular flexibility index (Phi) is 5.36. The molecule has 3 aromatic carbocycles. The molecule has 4 heteroatoms. The van der Waals surface area contributed by atoms with Crippen molar-refractivity contribution >= 4 is 0 Å². The molecule has 0 atom stereocenters. The minimum atomic E-state index is 0.661. The van der Waals surface area contributed by atoms with E-state index in [9.17, 15) is 5.26 Å². The van der Waals surface area contributed by atoms with E-state index in [1.54, 1.807) is 0 Å². The number of rotatable bonds is 5. The predicted molar refractivity (Wildman–Crippen MR) is 119 cm³/mol. The first-order chi connectivity index (χ1) is 14.5. The minimum absolute atomic E-state index is 0.661. The summed E-state index contributed by atoms with van der Waals surface area (Å²) >= 11 is 0. The minimum Gasteiger partial charge on any atom is -0.457 e. The summed E-state index contributed by atoms with van der Waals surface area (Å²) in [6.07, 6.45) is 0. The van der Waals surface area contributed by atoms with Gasteiger partial charge in [-0.25, -0.2) is 0 Å². The lowest BCUT2D eigenvalue weighted by molar-refractivity contribution is 0.481. The highest BCUT2D eigenvalue weighted by Crippen LogP contribution is 2.29. The van der Waals surface area contributed by atoms with Crippen LogP contribution >= 0.6 is 0 Å². The first-order valence-electron chi connectivity index (χ1n) is 9.92. The molecule has 0 amide bonds. The van der Waals surface area contributed by atoms with Gasteiger partial charge < -0.3 is 4.74 Å². The van der Waals surface area contributed by atoms with Gasteiger partial charge in [0.15, 0.2) is 0 Å². The SMILES string of the molecule is Cc1cc(-c2c(C)nn(Cc3cccc(Oc4ccccc4)c3)c2C)ccc1C#N. The quantitative estimate of drug-likeness (QED) is 0.406. The second-order valence-corrected chi connectivity index (χ2v) is 7.41. The van der Waals surface area contributed by atoms with E-state index >= 15 is 0 Å². The Balaban J connectivity index is 1.61. The Hall–Kier alpha value is -3.84. The molecule has 0 aliphatic rings. The molecule has 0 N–H and O–H groups in total. The van der Waals surface area contributed by atoms with E-state index in [1.165, 1.54) is 0 Å². The molecule has 0 spiro atoms. The van der Waals surface area contributed by atoms with Gasteiger partial charge in [-0.2, -0.15) is 10.4 Å². The van der Waals surface area contributed by atoms with Crippen LogP contribution in [0.25, 0.3) is 11.1 Å². The monoisotopic (exact) mass is 393 g/mol. The van der Waals surface area contributed by atoms with Crippen molar-refractivity contribution in [1.29, 1.82) is 5.26 Å². The van der Waals surface area contributed by atoms with E-state index in [0.717, 1.165) is 45.1 Å². The van der Waals surface area contributed by atoms with Crippen molar-refractivity contribution in [3.8, 4) is 28.7 Å². The molecule has 0 saturated heterocycles. The van der Waals surface area contributed by atoms with Gasteiger partial charge in [-0.3, -0.25) is 4.68 Å². The summed E-state index contributed by atoms with van der Waals surface area (Å²) in [5.41, 5.74) is 7.10. The van der Waals surface area contributed by atoms with Gasteiger partial charge in [-0.15, -0.1) is 0 Å². The lowest BCUT2D eigenvalue weighted by Gasteiger charge is -2.10. The van der Waals surface area contributed by atoms with Crippen molar-refractivity contribution in [2.24, 2.45) is 0 Å². The Morgan fingerprint density at radius 2 is 1.67 bits per heavy atom. The van der Waals surface area contributed by atoms with Crippen molar-refractivity contribution in [3.05, 3.63) is 101 Å². The Morgan fingerprint density at radius 1 is 0.900 bits per heavy atom. The van der Waals surface area contributed by atoms with E-state index in [2.05, 4.69) is 31.2 Å². The number of nitrogens with zero attached hydrogens (tertiary/aromatic N) is 3. The van der Waals surface area contributed by atoms with Gasteiger partial charge in [0.25, 0.3) is 0 Å². The van der Waals surface area contributed by atoms with E-state index < -0.39 is 0 Å². The number of para-hydroxylation sites is 1. The molecule has 0 aliphatic carbocycles. The first-order valence-corrected chi connectivity index (χ1v) is 9.92. The normalized spacial score (nSPS) is 10.6. The summed E-state index contributed by atoms with van der Waals surface area (Å²) in [6, 6.07) is 26.1. The Morgan fingerprint density at radius 3 is 2.40 bits per heavy atom. The largest absolute Gasteiger partial charge is 0.457 e. The van der Waals surface area contributed by atoms with Gasteiger partial charge in [0.05, 0.1) is 23.9 Å². The van der Waals surface area contributed by atoms with E-state index in [0.29, 0.717) is 12.1 Å². The molecule has 4 aromatic rings. The number of nitriles is 1. The van der Waals surface area contributed by atoms with Crippen LogP contribution in [0.15, 0.2) is 72.8 Å². The fourth-order valence-electron chi connectivity index (χ4n) is 3.72. The highest BCUT2D eigenvalue weighted by molar-refractivity contribution is 5.70. The van der Waals surface area contributed by atoms with Crippen molar-refractivity contribution in [1.82, 2.24) is 9.78 Å². The van der Waals surface area contributed by atoms with Gasteiger partial charge in [0.1, 0.15) is 11.5 Å². The highest BCUT2D eigenvalue weighted by atomic mass is 16.5. The molecule has 0 saturated carbocycles. The summed E-state index contributed by atoms with van der Waals surface area (Å²) in [6.45, 7) is 6.75. The maximum Gasteiger partial charge on any atom is 0.127 e. The van der Waals surface area contributed by atoms with E-state index in [4.69, 9.17) is 9.84 Å². The molecule has 0 fully saturated rings. The lowest BCUT2D eigenvalue weighted by atomic mass is 9.99. The number of hydrogen-bond acceptors (Lipinski definition) is 3. The van der Waals surface area contributed by atoms with Gasteiger partial charge in [-0.05, 0) is 73.9 Å². The van der Waals surface area contributed by atoms with Crippen LogP contribution in [0.1, 0.15) is 28.1 Å². The summed E-state index contributed by atoms with van der Waals surface area (Å²) < 4.78 is 7.99. The molecule has 4 rings (SSSR count). The van der Waals surface area contributed by atoms with Gasteiger partial charge in [0, 0.05) is 11.3 Å². The Labute approximate surface area is 177 Å². The smallest absolute Gasteiger partial charge is 0.127 e. The number of aryl methyl sites for hydroxylation is 2. The number of aromatic nitrogens is 2. The zero-order valence-electron chi connectivity index (χ0n) is 17.4. The summed E-state index contributed by atoms with van der Waals surface area (Å²) in [7, 11) is 0. The zero-order valence-corrected chi connectivity index (χ0v) is 17.4. The second kappa shape index (κ2) is 8.26. The fourth-order valence-corrected chi connectivity index (χ4v) is 3.72. The molecule has 1 aromatic heterocycles. The molecule has 0 radical (unpaired) electrons. The molecule has 0 unspecified atom stereocenters. The van der Waals surface area contributed by atoms with Crippen molar-refractivity contribution in [2.75, 3.05) is 0 Å². The van der Waals surface area contributed by atoms with Crippen molar-refractivity contribution < 1.29 is 4.74 Å². The van der Waals surface area contributed by atoms with E-state index in [-0.39, 0.29) is 0 Å². The second-order valence-electron chi connectivity index (χ2n) is 7.41. The van der Waals surface area contributed by atoms with Gasteiger partial charge >= 0.3 is 0 Å².